The highest BCUT2D eigenvalue weighted by Gasteiger charge is 2.32. The number of phenols is 4. The number of ether oxygens (including phenoxy) is 3. The lowest BCUT2D eigenvalue weighted by atomic mass is 9.92. The van der Waals surface area contributed by atoms with E-state index in [1.165, 1.54) is 26.4 Å². The molecule has 1 aliphatic rings. The van der Waals surface area contributed by atoms with Crippen LogP contribution in [0.25, 0.3) is 33.4 Å². The summed E-state index contributed by atoms with van der Waals surface area (Å²) >= 11 is 0. The first kappa shape index (κ1) is 26.6. The summed E-state index contributed by atoms with van der Waals surface area (Å²) in [6.07, 6.45) is -0.931. The maximum absolute atomic E-state index is 13.2. The highest BCUT2D eigenvalue weighted by molar-refractivity contribution is 6.03. The lowest BCUT2D eigenvalue weighted by Gasteiger charge is -2.27. The van der Waals surface area contributed by atoms with Gasteiger partial charge in [0.1, 0.15) is 63.1 Å². The van der Waals surface area contributed by atoms with E-state index in [2.05, 4.69) is 0 Å². The van der Waals surface area contributed by atoms with E-state index < -0.39 is 17.3 Å². The van der Waals surface area contributed by atoms with Crippen molar-refractivity contribution in [2.75, 3.05) is 14.2 Å². The molecule has 1 aliphatic heterocycles. The third kappa shape index (κ3) is 4.39. The summed E-state index contributed by atoms with van der Waals surface area (Å²) in [4.78, 5) is 26.2. The zero-order valence-corrected chi connectivity index (χ0v) is 22.4. The van der Waals surface area contributed by atoms with Crippen LogP contribution in [0.5, 0.6) is 40.2 Å². The smallest absolute Gasteiger partial charge is 0.197 e. The molecule has 5 aromatic rings. The second-order valence-electron chi connectivity index (χ2n) is 9.73. The largest absolute Gasteiger partial charge is 0.508 e. The Balaban J connectivity index is 1.53. The summed E-state index contributed by atoms with van der Waals surface area (Å²) in [5.41, 5.74) is 0.800. The molecule has 0 bridgehead atoms. The molecule has 0 spiro atoms. The average Bonchev–Trinajstić information content (AvgIpc) is 2.96. The van der Waals surface area contributed by atoms with E-state index in [9.17, 15) is 30.0 Å². The number of carbonyl (C=O) groups is 1. The molecule has 1 atom stereocenters. The van der Waals surface area contributed by atoms with Crippen molar-refractivity contribution in [3.63, 3.8) is 0 Å². The van der Waals surface area contributed by atoms with Crippen molar-refractivity contribution in [3.8, 4) is 62.7 Å². The van der Waals surface area contributed by atoms with Crippen molar-refractivity contribution in [1.82, 2.24) is 0 Å². The van der Waals surface area contributed by atoms with E-state index >= 15 is 0 Å². The van der Waals surface area contributed by atoms with Gasteiger partial charge in [0.15, 0.2) is 16.8 Å². The van der Waals surface area contributed by atoms with Crippen LogP contribution in [0.1, 0.15) is 28.4 Å². The molecule has 1 aromatic heterocycles. The molecule has 4 aromatic carbocycles. The number of ketones is 1. The van der Waals surface area contributed by atoms with Gasteiger partial charge in [0.2, 0.25) is 0 Å². The first-order chi connectivity index (χ1) is 20.2. The van der Waals surface area contributed by atoms with Crippen LogP contribution in [-0.4, -0.2) is 40.4 Å². The number of carbonyl (C=O) groups excluding carboxylic acids is 1. The van der Waals surface area contributed by atoms with Crippen molar-refractivity contribution in [3.05, 3.63) is 88.1 Å². The van der Waals surface area contributed by atoms with Gasteiger partial charge in [-0.25, -0.2) is 0 Å². The molecule has 0 radical (unpaired) electrons. The van der Waals surface area contributed by atoms with Gasteiger partial charge in [0.05, 0.1) is 26.2 Å². The maximum atomic E-state index is 13.2. The number of hydrogen-bond acceptors (Lipinski definition) is 10. The van der Waals surface area contributed by atoms with Crippen molar-refractivity contribution >= 4 is 16.8 Å². The lowest BCUT2D eigenvalue weighted by Crippen LogP contribution is -2.20. The summed E-state index contributed by atoms with van der Waals surface area (Å²) in [6.45, 7) is 0. The number of phenolic OH excluding ortho intramolecular Hbond substituents is 4. The number of hydrogen-bond donors (Lipinski definition) is 4. The third-order valence-corrected chi connectivity index (χ3v) is 7.18. The summed E-state index contributed by atoms with van der Waals surface area (Å²) < 4.78 is 22.9. The molecule has 10 heteroatoms. The Labute approximate surface area is 238 Å². The Morgan fingerprint density at radius 1 is 0.786 bits per heavy atom. The number of benzene rings is 4. The fourth-order valence-corrected chi connectivity index (χ4v) is 5.19. The molecule has 0 unspecified atom stereocenters. The van der Waals surface area contributed by atoms with E-state index in [0.717, 1.165) is 12.1 Å². The van der Waals surface area contributed by atoms with E-state index in [1.54, 1.807) is 42.5 Å². The average molecular weight is 569 g/mol. The molecular weight excluding hydrogens is 544 g/mol. The molecular formula is C32H24O10. The molecule has 0 saturated heterocycles. The summed E-state index contributed by atoms with van der Waals surface area (Å²) in [7, 11) is 2.96. The topological polar surface area (TPSA) is 156 Å². The molecule has 0 amide bonds. The highest BCUT2D eigenvalue weighted by Crippen LogP contribution is 2.47. The van der Waals surface area contributed by atoms with E-state index in [0.29, 0.717) is 28.2 Å². The molecule has 2 heterocycles. The minimum absolute atomic E-state index is 0.0206. The van der Waals surface area contributed by atoms with E-state index in [1.807, 2.05) is 0 Å². The zero-order valence-electron chi connectivity index (χ0n) is 22.4. The highest BCUT2D eigenvalue weighted by atomic mass is 16.5. The number of Topliss-reactive ketones (excluding diaryl/α,β-unsaturated/α-hetero) is 1. The second kappa shape index (κ2) is 10.1. The summed E-state index contributed by atoms with van der Waals surface area (Å²) in [5, 5.41) is 41.6. The van der Waals surface area contributed by atoms with Crippen molar-refractivity contribution in [2.45, 2.75) is 12.5 Å². The standard InChI is InChI=1S/C32H24O10/c1-39-18-6-3-15(4-7-18)26-14-24(38)31-22(36)12-21(35)29(32(31)42-26)19-9-16(5-8-25(19)40-2)27-13-23(37)30-20(34)10-17(33)11-28(30)41-27/h3-12,14,27,33-36H,13H2,1-2H3/t27-/m1/s1. The van der Waals surface area contributed by atoms with Crippen LogP contribution < -0.4 is 19.6 Å². The first-order valence-electron chi connectivity index (χ1n) is 12.8. The van der Waals surface area contributed by atoms with Gasteiger partial charge < -0.3 is 39.1 Å². The number of fused-ring (bicyclic) bond motifs is 2. The monoisotopic (exact) mass is 568 g/mol. The predicted octanol–water partition coefficient (Wildman–Crippen LogP) is 5.67. The Morgan fingerprint density at radius 2 is 1.52 bits per heavy atom. The van der Waals surface area contributed by atoms with Gasteiger partial charge in [-0.15, -0.1) is 0 Å². The summed E-state index contributed by atoms with van der Waals surface area (Å²) in [6, 6.07) is 16.3. The van der Waals surface area contributed by atoms with Gasteiger partial charge in [0, 0.05) is 35.4 Å². The molecule has 10 nitrogen and oxygen atoms in total. The van der Waals surface area contributed by atoms with Gasteiger partial charge >= 0.3 is 0 Å². The van der Waals surface area contributed by atoms with Gasteiger partial charge in [-0.3, -0.25) is 9.59 Å². The number of rotatable bonds is 5. The number of methoxy groups -OCH3 is 2. The van der Waals surface area contributed by atoms with Crippen LogP contribution in [0.2, 0.25) is 0 Å². The summed E-state index contributed by atoms with van der Waals surface area (Å²) in [5.74, 6) is -0.755. The predicted molar refractivity (Wildman–Crippen MR) is 152 cm³/mol. The fraction of sp³-hybridized carbons (Fsp3) is 0.125. The third-order valence-electron chi connectivity index (χ3n) is 7.18. The van der Waals surface area contributed by atoms with Gasteiger partial charge in [-0.2, -0.15) is 0 Å². The Morgan fingerprint density at radius 3 is 2.24 bits per heavy atom. The van der Waals surface area contributed by atoms with Crippen LogP contribution in [0.4, 0.5) is 0 Å². The van der Waals surface area contributed by atoms with Crippen molar-refractivity contribution < 1.29 is 43.8 Å². The van der Waals surface area contributed by atoms with Gasteiger partial charge in [-0.1, -0.05) is 6.07 Å². The van der Waals surface area contributed by atoms with Gasteiger partial charge in [0.25, 0.3) is 0 Å². The molecule has 42 heavy (non-hydrogen) atoms. The molecule has 0 aliphatic carbocycles. The zero-order chi connectivity index (χ0) is 29.7. The Hall–Kier alpha value is -5.64. The van der Waals surface area contributed by atoms with Crippen LogP contribution in [0, 0.1) is 0 Å². The lowest BCUT2D eigenvalue weighted by molar-refractivity contribution is 0.0845. The normalized spacial score (nSPS) is 14.3. The molecule has 0 fully saturated rings. The van der Waals surface area contributed by atoms with Gasteiger partial charge in [-0.05, 0) is 42.0 Å². The van der Waals surface area contributed by atoms with Crippen LogP contribution >= 0.6 is 0 Å². The second-order valence-corrected chi connectivity index (χ2v) is 9.73. The van der Waals surface area contributed by atoms with Crippen LogP contribution in [0.15, 0.2) is 75.9 Å². The molecule has 212 valence electrons. The van der Waals surface area contributed by atoms with E-state index in [4.69, 9.17) is 18.6 Å². The SMILES string of the molecule is COc1ccc(-c2cc(=O)c3c(O)cc(O)c(-c4cc([C@H]5CC(=O)c6c(O)cc(O)cc6O5)ccc4OC)c3o2)cc1. The Bertz CT molecular complexity index is 1940. The number of aromatic hydroxyl groups is 4. The van der Waals surface area contributed by atoms with Crippen LogP contribution in [-0.2, 0) is 0 Å². The minimum atomic E-state index is -0.816. The molecule has 4 N–H and O–H groups in total. The van der Waals surface area contributed by atoms with Crippen LogP contribution in [0.3, 0.4) is 0 Å². The Kier molecular flexibility index (Phi) is 6.38. The molecule has 0 saturated carbocycles. The molecule has 6 rings (SSSR count). The van der Waals surface area contributed by atoms with Crippen molar-refractivity contribution in [1.29, 1.82) is 0 Å². The minimum Gasteiger partial charge on any atom is -0.508 e. The van der Waals surface area contributed by atoms with E-state index in [-0.39, 0.29) is 63.1 Å². The van der Waals surface area contributed by atoms with Crippen molar-refractivity contribution in [2.24, 2.45) is 0 Å². The maximum Gasteiger partial charge on any atom is 0.197 e. The fourth-order valence-electron chi connectivity index (χ4n) is 5.19. The quantitative estimate of drug-likeness (QED) is 0.208. The first-order valence-corrected chi connectivity index (χ1v) is 12.8.